The molecule has 68 valence electrons. The van der Waals surface area contributed by atoms with Crippen molar-refractivity contribution in [3.8, 4) is 0 Å². The predicted octanol–water partition coefficient (Wildman–Crippen LogP) is 2.20. The Kier molecular flexibility index (Phi) is 6.34. The fraction of sp³-hybridized carbons (Fsp3) is 1.00. The van der Waals surface area contributed by atoms with E-state index in [9.17, 15) is 4.57 Å². The van der Waals surface area contributed by atoms with Crippen LogP contribution < -0.4 is 10.6 Å². The van der Waals surface area contributed by atoms with Gasteiger partial charge in [0, 0.05) is 12.3 Å². The van der Waals surface area contributed by atoms with Gasteiger partial charge >= 0.3 is 0 Å². The highest BCUT2D eigenvalue weighted by Crippen LogP contribution is 2.46. The molecule has 5 heteroatoms. The zero-order chi connectivity index (χ0) is 8.74. The number of nitrogens with one attached hydrogen (secondary N) is 1. The van der Waals surface area contributed by atoms with Gasteiger partial charge in [0.1, 0.15) is 0 Å². The molecule has 11 heavy (non-hydrogen) atoms. The lowest BCUT2D eigenvalue weighted by atomic mass is 10.5. The van der Waals surface area contributed by atoms with Gasteiger partial charge in [-0.2, -0.15) is 0 Å². The van der Waals surface area contributed by atoms with Crippen molar-refractivity contribution in [2.45, 2.75) is 26.7 Å². The van der Waals surface area contributed by atoms with E-state index in [2.05, 4.69) is 5.09 Å². The van der Waals surface area contributed by atoms with Crippen molar-refractivity contribution < 1.29 is 4.57 Å². The lowest BCUT2D eigenvalue weighted by Crippen LogP contribution is -2.14. The van der Waals surface area contributed by atoms with Crippen LogP contribution in [0.2, 0.25) is 0 Å². The summed E-state index contributed by atoms with van der Waals surface area (Å²) in [6.07, 6.45) is 1.98. The first-order valence-electron chi connectivity index (χ1n) is 3.90. The molecule has 0 saturated carbocycles. The Hall–Kier alpha value is 0.500. The Balaban J connectivity index is 3.53. The summed E-state index contributed by atoms with van der Waals surface area (Å²) in [6.45, 7) is 2.26. The van der Waals surface area contributed by atoms with Gasteiger partial charge in [-0.15, -0.1) is 0 Å². The molecule has 3 nitrogen and oxygen atoms in total. The molecule has 0 saturated heterocycles. The van der Waals surface area contributed by atoms with E-state index < -0.39 is 6.65 Å². The highest BCUT2D eigenvalue weighted by atomic mass is 32.7. The van der Waals surface area contributed by atoms with E-state index in [1.165, 1.54) is 11.4 Å². The van der Waals surface area contributed by atoms with Crippen LogP contribution in [0, 0.1) is 0 Å². The van der Waals surface area contributed by atoms with Gasteiger partial charge in [0.25, 0.3) is 6.65 Å². The van der Waals surface area contributed by atoms with Gasteiger partial charge in [-0.05, 0) is 12.8 Å². The van der Waals surface area contributed by atoms with Crippen LogP contribution in [0.1, 0.15) is 26.7 Å². The van der Waals surface area contributed by atoms with Gasteiger partial charge in [-0.1, -0.05) is 25.2 Å². The van der Waals surface area contributed by atoms with Gasteiger partial charge in [-0.3, -0.25) is 10.1 Å². The maximum absolute atomic E-state index is 11.4. The summed E-state index contributed by atoms with van der Waals surface area (Å²) in [7, 11) is 0. The molecule has 0 aromatic carbocycles. The minimum Gasteiger partial charge on any atom is -0.277 e. The van der Waals surface area contributed by atoms with Crippen molar-refractivity contribution in [1.82, 2.24) is 5.09 Å². The number of nitrogens with two attached hydrogens (primary N) is 1. The average molecular weight is 196 g/mol. The van der Waals surface area contributed by atoms with E-state index in [4.69, 9.17) is 5.50 Å². The first kappa shape index (κ1) is 11.5. The maximum Gasteiger partial charge on any atom is 0.263 e. The van der Waals surface area contributed by atoms with Gasteiger partial charge in [0.2, 0.25) is 0 Å². The fourth-order valence-electron chi connectivity index (χ4n) is 0.540. The minimum absolute atomic E-state index is 0.741. The Morgan fingerprint density at radius 1 is 1.45 bits per heavy atom. The monoisotopic (exact) mass is 196 g/mol. The summed E-state index contributed by atoms with van der Waals surface area (Å²) in [6, 6.07) is 0. The second kappa shape index (κ2) is 6.06. The Morgan fingerprint density at radius 3 is 2.55 bits per heavy atom. The van der Waals surface area contributed by atoms with Crippen LogP contribution in [0.5, 0.6) is 0 Å². The van der Waals surface area contributed by atoms with Crippen molar-refractivity contribution in [3.05, 3.63) is 0 Å². The SMILES string of the molecule is CCCNP(N)(=O)SCCC. The third-order valence-electron chi connectivity index (χ3n) is 1.07. The fourth-order valence-corrected chi connectivity index (χ4v) is 3.53. The zero-order valence-corrected chi connectivity index (χ0v) is 8.88. The lowest BCUT2D eigenvalue weighted by molar-refractivity contribution is 0.576. The molecule has 0 bridgehead atoms. The molecular formula is C6H17N2OPS. The van der Waals surface area contributed by atoms with Crippen LogP contribution in [-0.2, 0) is 4.57 Å². The van der Waals surface area contributed by atoms with Crippen LogP contribution >= 0.6 is 18.0 Å². The molecule has 3 N–H and O–H groups in total. The standard InChI is InChI=1S/C6H17N2OPS/c1-3-5-8-10(7,9)11-6-4-2/h3-6H2,1-2H3,(H3,7,8,9). The van der Waals surface area contributed by atoms with E-state index in [-0.39, 0.29) is 0 Å². The first-order valence-corrected chi connectivity index (χ1v) is 7.27. The molecule has 0 aromatic heterocycles. The molecule has 0 radical (unpaired) electrons. The van der Waals surface area contributed by atoms with Crippen LogP contribution in [0.4, 0.5) is 0 Å². The predicted molar refractivity (Wildman–Crippen MR) is 52.8 cm³/mol. The molecule has 0 amide bonds. The van der Waals surface area contributed by atoms with Crippen molar-refractivity contribution in [2.24, 2.45) is 5.50 Å². The third kappa shape index (κ3) is 6.88. The Bertz CT molecular complexity index is 131. The molecule has 0 heterocycles. The van der Waals surface area contributed by atoms with Crippen LogP contribution in [0.3, 0.4) is 0 Å². The zero-order valence-electron chi connectivity index (χ0n) is 7.17. The first-order chi connectivity index (χ1) is 5.12. The molecule has 0 aromatic rings. The van der Waals surface area contributed by atoms with Gasteiger partial charge in [-0.25, -0.2) is 5.09 Å². The van der Waals surface area contributed by atoms with E-state index in [0.29, 0.717) is 0 Å². The summed E-state index contributed by atoms with van der Waals surface area (Å²) < 4.78 is 11.4. The van der Waals surface area contributed by atoms with Crippen LogP contribution in [0.15, 0.2) is 0 Å². The molecule has 0 rings (SSSR count). The lowest BCUT2D eigenvalue weighted by Gasteiger charge is -2.11. The largest absolute Gasteiger partial charge is 0.277 e. The third-order valence-corrected chi connectivity index (χ3v) is 4.79. The van der Waals surface area contributed by atoms with Crippen LogP contribution in [0.25, 0.3) is 0 Å². The van der Waals surface area contributed by atoms with E-state index >= 15 is 0 Å². The summed E-state index contributed by atoms with van der Waals surface area (Å²) in [5.74, 6) is 0.866. The minimum atomic E-state index is -2.56. The molecular weight excluding hydrogens is 179 g/mol. The Morgan fingerprint density at radius 2 is 2.09 bits per heavy atom. The summed E-state index contributed by atoms with van der Waals surface area (Å²) >= 11 is 1.34. The van der Waals surface area contributed by atoms with Gasteiger partial charge in [0.05, 0.1) is 0 Å². The topological polar surface area (TPSA) is 55.1 Å². The van der Waals surface area contributed by atoms with Gasteiger partial charge in [0.15, 0.2) is 0 Å². The molecule has 1 atom stereocenters. The Labute approximate surface area is 72.7 Å². The van der Waals surface area contributed by atoms with E-state index in [0.717, 1.165) is 25.1 Å². The average Bonchev–Trinajstić information content (AvgIpc) is 1.97. The second-order valence-electron chi connectivity index (χ2n) is 2.34. The molecule has 0 aliphatic heterocycles. The van der Waals surface area contributed by atoms with Crippen molar-refractivity contribution in [1.29, 1.82) is 0 Å². The molecule has 1 unspecified atom stereocenters. The molecule has 0 aliphatic carbocycles. The van der Waals surface area contributed by atoms with E-state index in [1.54, 1.807) is 0 Å². The van der Waals surface area contributed by atoms with Crippen LogP contribution in [-0.4, -0.2) is 12.3 Å². The number of hydrogen-bond donors (Lipinski definition) is 2. The van der Waals surface area contributed by atoms with Crippen molar-refractivity contribution >= 4 is 18.0 Å². The highest BCUT2D eigenvalue weighted by molar-refractivity contribution is 8.56. The molecule has 0 fully saturated rings. The van der Waals surface area contributed by atoms with Crippen molar-refractivity contribution in [2.75, 3.05) is 12.3 Å². The second-order valence-corrected chi connectivity index (χ2v) is 6.92. The quantitative estimate of drug-likeness (QED) is 0.639. The summed E-state index contributed by atoms with van der Waals surface area (Å²) in [5.41, 5.74) is 5.50. The number of rotatable bonds is 6. The maximum atomic E-state index is 11.4. The molecule has 0 spiro atoms. The highest BCUT2D eigenvalue weighted by Gasteiger charge is 2.13. The smallest absolute Gasteiger partial charge is 0.263 e. The summed E-state index contributed by atoms with van der Waals surface area (Å²) in [4.78, 5) is 0. The number of hydrogen-bond acceptors (Lipinski definition) is 2. The summed E-state index contributed by atoms with van der Waals surface area (Å²) in [5, 5.41) is 2.84. The molecule has 0 aliphatic rings. The van der Waals surface area contributed by atoms with Crippen molar-refractivity contribution in [3.63, 3.8) is 0 Å². The van der Waals surface area contributed by atoms with E-state index in [1.807, 2.05) is 13.8 Å². The van der Waals surface area contributed by atoms with Gasteiger partial charge < -0.3 is 0 Å². The normalized spacial score (nSPS) is 16.3.